The predicted octanol–water partition coefficient (Wildman–Crippen LogP) is 0.618. The Balaban J connectivity index is 2.14. The van der Waals surface area contributed by atoms with Gasteiger partial charge in [-0.2, -0.15) is 0 Å². The molecule has 1 fully saturated rings. The summed E-state index contributed by atoms with van der Waals surface area (Å²) in [6.45, 7) is 3.41. The molecule has 2 N–H and O–H groups in total. The molecule has 13 heavy (non-hydrogen) atoms. The molecule has 2 atom stereocenters. The van der Waals surface area contributed by atoms with Gasteiger partial charge in [-0.1, -0.05) is 0 Å². The lowest BCUT2D eigenvalue weighted by molar-refractivity contribution is -0.139. The van der Waals surface area contributed by atoms with Crippen molar-refractivity contribution in [2.45, 2.75) is 38.3 Å². The van der Waals surface area contributed by atoms with Crippen LogP contribution in [-0.2, 0) is 9.53 Å². The second-order valence-electron chi connectivity index (χ2n) is 3.32. The van der Waals surface area contributed by atoms with Crippen LogP contribution >= 0.6 is 0 Å². The van der Waals surface area contributed by atoms with Crippen LogP contribution in [0.25, 0.3) is 0 Å². The molecule has 2 unspecified atom stereocenters. The topological polar surface area (TPSA) is 58.6 Å². The number of nitrogens with one attached hydrogen (secondary N) is 1. The van der Waals surface area contributed by atoms with Gasteiger partial charge in [-0.05, 0) is 26.2 Å². The van der Waals surface area contributed by atoms with Crippen molar-refractivity contribution in [3.05, 3.63) is 0 Å². The normalized spacial score (nSPS) is 27.8. The van der Waals surface area contributed by atoms with Gasteiger partial charge >= 0.3 is 5.97 Å². The standard InChI is InChI=1S/C9H17NO3/c1-2-13-6-5-7-3-4-8(10-7)9(11)12/h7-8,10H,2-6H2,1H3,(H,11,12). The molecule has 4 heteroatoms. The molecule has 0 bridgehead atoms. The number of carboxylic acid groups (broad SMARTS) is 1. The fourth-order valence-electron chi connectivity index (χ4n) is 1.61. The molecule has 0 radical (unpaired) electrons. The first-order valence-electron chi connectivity index (χ1n) is 4.80. The monoisotopic (exact) mass is 187 g/mol. The van der Waals surface area contributed by atoms with E-state index in [1.807, 2.05) is 6.92 Å². The van der Waals surface area contributed by atoms with Crippen molar-refractivity contribution in [3.8, 4) is 0 Å². The third-order valence-electron chi connectivity index (χ3n) is 2.35. The van der Waals surface area contributed by atoms with Gasteiger partial charge in [0.15, 0.2) is 0 Å². The lowest BCUT2D eigenvalue weighted by Gasteiger charge is -2.11. The maximum Gasteiger partial charge on any atom is 0.320 e. The van der Waals surface area contributed by atoms with E-state index in [2.05, 4.69) is 5.32 Å². The SMILES string of the molecule is CCOCCC1CCC(C(=O)O)N1. The second kappa shape index (κ2) is 5.19. The van der Waals surface area contributed by atoms with Crippen LogP contribution < -0.4 is 5.32 Å². The summed E-state index contributed by atoms with van der Waals surface area (Å²) >= 11 is 0. The third-order valence-corrected chi connectivity index (χ3v) is 2.35. The molecule has 0 aromatic heterocycles. The molecule has 76 valence electrons. The molecule has 0 aliphatic carbocycles. The number of hydrogen-bond donors (Lipinski definition) is 2. The minimum Gasteiger partial charge on any atom is -0.480 e. The van der Waals surface area contributed by atoms with Crippen LogP contribution in [0.2, 0.25) is 0 Å². The highest BCUT2D eigenvalue weighted by Gasteiger charge is 2.28. The van der Waals surface area contributed by atoms with Gasteiger partial charge in [-0.3, -0.25) is 4.79 Å². The molecule has 0 amide bonds. The van der Waals surface area contributed by atoms with Crippen LogP contribution in [0, 0.1) is 0 Å². The van der Waals surface area contributed by atoms with Crippen molar-refractivity contribution in [3.63, 3.8) is 0 Å². The van der Waals surface area contributed by atoms with Crippen molar-refractivity contribution in [2.24, 2.45) is 0 Å². The zero-order valence-electron chi connectivity index (χ0n) is 7.95. The molecule has 1 rings (SSSR count). The van der Waals surface area contributed by atoms with Gasteiger partial charge in [0, 0.05) is 19.3 Å². The quantitative estimate of drug-likeness (QED) is 0.619. The van der Waals surface area contributed by atoms with E-state index in [1.165, 1.54) is 0 Å². The van der Waals surface area contributed by atoms with Gasteiger partial charge in [0.1, 0.15) is 6.04 Å². The largest absolute Gasteiger partial charge is 0.480 e. The Kier molecular flexibility index (Phi) is 4.18. The number of hydrogen-bond acceptors (Lipinski definition) is 3. The summed E-state index contributed by atoms with van der Waals surface area (Å²) in [6.07, 6.45) is 2.60. The molecule has 1 aliphatic rings. The molecule has 1 heterocycles. The first-order chi connectivity index (χ1) is 6.24. The zero-order chi connectivity index (χ0) is 9.68. The van der Waals surface area contributed by atoms with Crippen LogP contribution in [-0.4, -0.2) is 36.4 Å². The van der Waals surface area contributed by atoms with E-state index in [0.717, 1.165) is 32.5 Å². The van der Waals surface area contributed by atoms with Crippen molar-refractivity contribution in [2.75, 3.05) is 13.2 Å². The number of carboxylic acids is 1. The van der Waals surface area contributed by atoms with E-state index in [9.17, 15) is 4.79 Å². The van der Waals surface area contributed by atoms with Crippen molar-refractivity contribution < 1.29 is 14.6 Å². The molecule has 1 aliphatic heterocycles. The van der Waals surface area contributed by atoms with Gasteiger partial charge < -0.3 is 15.2 Å². The minimum absolute atomic E-state index is 0.327. The molecule has 1 saturated heterocycles. The first kappa shape index (κ1) is 10.5. The summed E-state index contributed by atoms with van der Waals surface area (Å²) < 4.78 is 5.20. The van der Waals surface area contributed by atoms with Gasteiger partial charge in [0.2, 0.25) is 0 Å². The van der Waals surface area contributed by atoms with E-state index in [-0.39, 0.29) is 6.04 Å². The highest BCUT2D eigenvalue weighted by Crippen LogP contribution is 2.14. The van der Waals surface area contributed by atoms with E-state index < -0.39 is 5.97 Å². The Hall–Kier alpha value is -0.610. The molecule has 0 saturated carbocycles. The number of rotatable bonds is 5. The van der Waals surface area contributed by atoms with Crippen molar-refractivity contribution in [1.82, 2.24) is 5.32 Å². The average Bonchev–Trinajstić information content (AvgIpc) is 2.53. The second-order valence-corrected chi connectivity index (χ2v) is 3.32. The maximum atomic E-state index is 10.6. The lowest BCUT2D eigenvalue weighted by atomic mass is 10.1. The van der Waals surface area contributed by atoms with Crippen LogP contribution in [0.4, 0.5) is 0 Å². The van der Waals surface area contributed by atoms with Gasteiger partial charge in [0.25, 0.3) is 0 Å². The zero-order valence-corrected chi connectivity index (χ0v) is 7.95. The van der Waals surface area contributed by atoms with E-state index >= 15 is 0 Å². The average molecular weight is 187 g/mol. The summed E-state index contributed by atoms with van der Waals surface area (Å²) in [5.41, 5.74) is 0. The molecular formula is C9H17NO3. The third kappa shape index (κ3) is 3.32. The first-order valence-corrected chi connectivity index (χ1v) is 4.80. The summed E-state index contributed by atoms with van der Waals surface area (Å²) in [5, 5.41) is 11.8. The molecule has 0 aromatic rings. The van der Waals surface area contributed by atoms with Crippen molar-refractivity contribution in [1.29, 1.82) is 0 Å². The van der Waals surface area contributed by atoms with Crippen LogP contribution in [0.1, 0.15) is 26.2 Å². The Morgan fingerprint density at radius 1 is 1.62 bits per heavy atom. The summed E-state index contributed by atoms with van der Waals surface area (Å²) in [4.78, 5) is 10.6. The summed E-state index contributed by atoms with van der Waals surface area (Å²) in [5.74, 6) is -0.737. The molecule has 4 nitrogen and oxygen atoms in total. The number of ether oxygens (including phenoxy) is 1. The van der Waals surface area contributed by atoms with Crippen LogP contribution in [0.5, 0.6) is 0 Å². The van der Waals surface area contributed by atoms with Crippen LogP contribution in [0.15, 0.2) is 0 Å². The molecule has 0 aromatic carbocycles. The smallest absolute Gasteiger partial charge is 0.320 e. The van der Waals surface area contributed by atoms with E-state index in [0.29, 0.717) is 6.04 Å². The highest BCUT2D eigenvalue weighted by atomic mass is 16.5. The highest BCUT2D eigenvalue weighted by molar-refractivity contribution is 5.73. The van der Waals surface area contributed by atoms with Crippen LogP contribution in [0.3, 0.4) is 0 Å². The maximum absolute atomic E-state index is 10.6. The Morgan fingerprint density at radius 2 is 2.38 bits per heavy atom. The van der Waals surface area contributed by atoms with Gasteiger partial charge in [-0.15, -0.1) is 0 Å². The van der Waals surface area contributed by atoms with Gasteiger partial charge in [-0.25, -0.2) is 0 Å². The Morgan fingerprint density at radius 3 is 2.92 bits per heavy atom. The summed E-state index contributed by atoms with van der Waals surface area (Å²) in [7, 11) is 0. The Bertz CT molecular complexity index is 172. The molecule has 0 spiro atoms. The Labute approximate surface area is 78.3 Å². The predicted molar refractivity (Wildman–Crippen MR) is 48.7 cm³/mol. The minimum atomic E-state index is -0.737. The fourth-order valence-corrected chi connectivity index (χ4v) is 1.61. The fraction of sp³-hybridized carbons (Fsp3) is 0.889. The molecular weight excluding hydrogens is 170 g/mol. The summed E-state index contributed by atoms with van der Waals surface area (Å²) in [6, 6.07) is -0.0146. The van der Waals surface area contributed by atoms with E-state index in [4.69, 9.17) is 9.84 Å². The number of aliphatic carboxylic acids is 1. The lowest BCUT2D eigenvalue weighted by Crippen LogP contribution is -2.35. The van der Waals surface area contributed by atoms with E-state index in [1.54, 1.807) is 0 Å². The van der Waals surface area contributed by atoms with Gasteiger partial charge in [0.05, 0.1) is 0 Å². The van der Waals surface area contributed by atoms with Crippen molar-refractivity contribution >= 4 is 5.97 Å². The number of carbonyl (C=O) groups is 1.